The number of benzene rings is 2. The van der Waals surface area contributed by atoms with Gasteiger partial charge in [-0.15, -0.1) is 0 Å². The zero-order chi connectivity index (χ0) is 17.1. The molecule has 1 N–H and O–H groups in total. The zero-order valence-corrected chi connectivity index (χ0v) is 13.9. The number of nitrogens with zero attached hydrogens (tertiary/aromatic N) is 1. The SMILES string of the molecule is COc1ccccc1OC1CN(C(=O)C(O)c2ccccc2Cl)C1. The van der Waals surface area contributed by atoms with Crippen molar-refractivity contribution in [2.24, 2.45) is 0 Å². The largest absolute Gasteiger partial charge is 0.493 e. The maximum Gasteiger partial charge on any atom is 0.256 e. The Hall–Kier alpha value is -2.24. The van der Waals surface area contributed by atoms with Crippen molar-refractivity contribution in [2.45, 2.75) is 12.2 Å². The summed E-state index contributed by atoms with van der Waals surface area (Å²) in [5, 5.41) is 10.6. The van der Waals surface area contributed by atoms with Crippen molar-refractivity contribution in [2.75, 3.05) is 20.2 Å². The Bertz CT molecular complexity index is 730. The number of aliphatic hydroxyl groups excluding tert-OH is 1. The molecule has 0 aromatic heterocycles. The van der Waals surface area contributed by atoms with Crippen molar-refractivity contribution >= 4 is 17.5 Å². The number of para-hydroxylation sites is 2. The molecule has 1 aliphatic heterocycles. The molecule has 3 rings (SSSR count). The fourth-order valence-corrected chi connectivity index (χ4v) is 2.83. The first-order valence-electron chi connectivity index (χ1n) is 7.61. The minimum absolute atomic E-state index is 0.122. The summed E-state index contributed by atoms with van der Waals surface area (Å²) in [7, 11) is 1.58. The van der Waals surface area contributed by atoms with Gasteiger partial charge in [0, 0.05) is 10.6 Å². The van der Waals surface area contributed by atoms with Gasteiger partial charge in [0.15, 0.2) is 17.6 Å². The van der Waals surface area contributed by atoms with Crippen molar-refractivity contribution in [3.8, 4) is 11.5 Å². The van der Waals surface area contributed by atoms with Gasteiger partial charge in [-0.3, -0.25) is 4.79 Å². The predicted octanol–water partition coefficient (Wildman–Crippen LogP) is 2.67. The molecule has 1 aliphatic rings. The van der Waals surface area contributed by atoms with E-state index in [1.165, 1.54) is 0 Å². The number of ether oxygens (including phenoxy) is 2. The number of aliphatic hydroxyl groups is 1. The summed E-state index contributed by atoms with van der Waals surface area (Å²) in [4.78, 5) is 13.9. The molecule has 2 aromatic carbocycles. The van der Waals surface area contributed by atoms with Gasteiger partial charge >= 0.3 is 0 Å². The Kier molecular flexibility index (Phi) is 4.92. The average molecular weight is 348 g/mol. The van der Waals surface area contributed by atoms with Crippen molar-refractivity contribution in [3.05, 3.63) is 59.1 Å². The van der Waals surface area contributed by atoms with Gasteiger partial charge in [0.1, 0.15) is 6.10 Å². The third-order valence-electron chi connectivity index (χ3n) is 3.96. The average Bonchev–Trinajstić information content (AvgIpc) is 2.57. The van der Waals surface area contributed by atoms with Gasteiger partial charge < -0.3 is 19.5 Å². The Morgan fingerprint density at radius 3 is 2.46 bits per heavy atom. The molecule has 0 aliphatic carbocycles. The number of carbonyl (C=O) groups is 1. The van der Waals surface area contributed by atoms with E-state index in [0.29, 0.717) is 35.2 Å². The van der Waals surface area contributed by atoms with Crippen molar-refractivity contribution in [3.63, 3.8) is 0 Å². The van der Waals surface area contributed by atoms with E-state index >= 15 is 0 Å². The second-order valence-corrected chi connectivity index (χ2v) is 5.97. The molecule has 5 nitrogen and oxygen atoms in total. The van der Waals surface area contributed by atoms with Crippen LogP contribution >= 0.6 is 11.6 Å². The molecule has 2 aromatic rings. The zero-order valence-electron chi connectivity index (χ0n) is 13.2. The molecule has 0 bridgehead atoms. The van der Waals surface area contributed by atoms with Gasteiger partial charge in [-0.2, -0.15) is 0 Å². The van der Waals surface area contributed by atoms with Gasteiger partial charge in [-0.05, 0) is 18.2 Å². The van der Waals surface area contributed by atoms with E-state index in [1.54, 1.807) is 36.3 Å². The van der Waals surface area contributed by atoms with Crippen molar-refractivity contribution < 1.29 is 19.4 Å². The lowest BCUT2D eigenvalue weighted by molar-refractivity contribution is -0.149. The Morgan fingerprint density at radius 2 is 1.79 bits per heavy atom. The number of hydrogen-bond donors (Lipinski definition) is 1. The molecule has 1 fully saturated rings. The van der Waals surface area contributed by atoms with Crippen LogP contribution in [0, 0.1) is 0 Å². The topological polar surface area (TPSA) is 59.0 Å². The van der Waals surface area contributed by atoms with Crippen LogP contribution in [0.5, 0.6) is 11.5 Å². The molecule has 0 radical (unpaired) electrons. The van der Waals surface area contributed by atoms with Gasteiger partial charge in [0.05, 0.1) is 20.2 Å². The molecule has 1 unspecified atom stereocenters. The summed E-state index contributed by atoms with van der Waals surface area (Å²) in [6, 6.07) is 14.2. The molecular weight excluding hydrogens is 330 g/mol. The molecule has 1 heterocycles. The van der Waals surface area contributed by atoms with Crippen LogP contribution in [0.4, 0.5) is 0 Å². The van der Waals surface area contributed by atoms with Gasteiger partial charge in [0.25, 0.3) is 5.91 Å². The third-order valence-corrected chi connectivity index (χ3v) is 4.30. The van der Waals surface area contributed by atoms with Crippen molar-refractivity contribution in [1.29, 1.82) is 0 Å². The second kappa shape index (κ2) is 7.11. The molecule has 6 heteroatoms. The van der Waals surface area contributed by atoms with Crippen LogP contribution in [-0.4, -0.2) is 42.2 Å². The molecule has 1 saturated heterocycles. The van der Waals surface area contributed by atoms with Gasteiger partial charge in [-0.25, -0.2) is 0 Å². The summed E-state index contributed by atoms with van der Waals surface area (Å²) in [6.45, 7) is 0.830. The standard InChI is InChI=1S/C18H18ClNO4/c1-23-15-8-4-5-9-16(15)24-12-10-20(11-12)18(22)17(21)13-6-2-3-7-14(13)19/h2-9,12,17,21H,10-11H2,1H3. The summed E-state index contributed by atoms with van der Waals surface area (Å²) >= 11 is 6.03. The van der Waals surface area contributed by atoms with E-state index < -0.39 is 6.10 Å². The highest BCUT2D eigenvalue weighted by Crippen LogP contribution is 2.30. The fourth-order valence-electron chi connectivity index (χ4n) is 2.59. The van der Waals surface area contributed by atoms with Crippen LogP contribution in [0.3, 0.4) is 0 Å². The first-order valence-corrected chi connectivity index (χ1v) is 7.99. The number of amides is 1. The quantitative estimate of drug-likeness (QED) is 0.903. The predicted molar refractivity (Wildman–Crippen MR) is 90.4 cm³/mol. The summed E-state index contributed by atoms with van der Waals surface area (Å²) < 4.78 is 11.1. The van der Waals surface area contributed by atoms with Crippen LogP contribution in [0.25, 0.3) is 0 Å². The van der Waals surface area contributed by atoms with E-state index in [0.717, 1.165) is 0 Å². The summed E-state index contributed by atoms with van der Waals surface area (Å²) in [5.74, 6) is 0.921. The lowest BCUT2D eigenvalue weighted by Crippen LogP contribution is -2.57. The number of hydrogen-bond acceptors (Lipinski definition) is 4. The van der Waals surface area contributed by atoms with E-state index in [2.05, 4.69) is 0 Å². The molecule has 0 saturated carbocycles. The number of likely N-dealkylation sites (tertiary alicyclic amines) is 1. The van der Waals surface area contributed by atoms with E-state index in [9.17, 15) is 9.90 Å². The van der Waals surface area contributed by atoms with Crippen LogP contribution in [0.1, 0.15) is 11.7 Å². The number of carbonyl (C=O) groups excluding carboxylic acids is 1. The first kappa shape index (κ1) is 16.6. The van der Waals surface area contributed by atoms with Crippen molar-refractivity contribution in [1.82, 2.24) is 4.90 Å². The molecule has 126 valence electrons. The normalized spacial score (nSPS) is 15.5. The van der Waals surface area contributed by atoms with Gasteiger partial charge in [-0.1, -0.05) is 41.9 Å². The maximum absolute atomic E-state index is 12.3. The van der Waals surface area contributed by atoms with Crippen LogP contribution in [0.15, 0.2) is 48.5 Å². The van der Waals surface area contributed by atoms with E-state index in [1.807, 2.05) is 24.3 Å². The van der Waals surface area contributed by atoms with E-state index in [4.69, 9.17) is 21.1 Å². The lowest BCUT2D eigenvalue weighted by atomic mass is 10.1. The fraction of sp³-hybridized carbons (Fsp3) is 0.278. The monoisotopic (exact) mass is 347 g/mol. The highest BCUT2D eigenvalue weighted by atomic mass is 35.5. The second-order valence-electron chi connectivity index (χ2n) is 5.56. The minimum atomic E-state index is -1.26. The maximum atomic E-state index is 12.3. The van der Waals surface area contributed by atoms with Gasteiger partial charge in [0.2, 0.25) is 0 Å². The highest BCUT2D eigenvalue weighted by molar-refractivity contribution is 6.31. The third kappa shape index (κ3) is 3.32. The smallest absolute Gasteiger partial charge is 0.256 e. The highest BCUT2D eigenvalue weighted by Gasteiger charge is 2.36. The summed E-state index contributed by atoms with van der Waals surface area (Å²) in [5.41, 5.74) is 0.415. The van der Waals surface area contributed by atoms with Crippen LogP contribution in [-0.2, 0) is 4.79 Å². The number of rotatable bonds is 5. The first-order chi connectivity index (χ1) is 11.6. The summed E-state index contributed by atoms with van der Waals surface area (Å²) in [6.07, 6.45) is -1.38. The van der Waals surface area contributed by atoms with E-state index in [-0.39, 0.29) is 12.0 Å². The molecule has 0 spiro atoms. The Morgan fingerprint density at radius 1 is 1.17 bits per heavy atom. The molecule has 1 amide bonds. The van der Waals surface area contributed by atoms with Crippen LogP contribution in [0.2, 0.25) is 5.02 Å². The molecule has 24 heavy (non-hydrogen) atoms. The minimum Gasteiger partial charge on any atom is -0.493 e. The van der Waals surface area contributed by atoms with Crippen LogP contribution < -0.4 is 9.47 Å². The molecule has 1 atom stereocenters. The Balaban J connectivity index is 1.58. The Labute approximate surface area is 145 Å². The number of halogens is 1. The lowest BCUT2D eigenvalue weighted by Gasteiger charge is -2.40. The molecular formula is C18H18ClNO4. The number of methoxy groups -OCH3 is 1.